The molecule has 0 heterocycles. The first kappa shape index (κ1) is 18.5. The van der Waals surface area contributed by atoms with Crippen LogP contribution in [-0.2, 0) is 13.2 Å². The van der Waals surface area contributed by atoms with E-state index in [1.54, 1.807) is 12.7 Å². The van der Waals surface area contributed by atoms with Crippen molar-refractivity contribution in [3.05, 3.63) is 71.3 Å². The average Bonchev–Trinajstić information content (AvgIpc) is 2.71. The van der Waals surface area contributed by atoms with Gasteiger partial charge in [0, 0.05) is 6.54 Å². The van der Waals surface area contributed by atoms with Crippen molar-refractivity contribution in [2.24, 2.45) is 0 Å². The fourth-order valence-corrected chi connectivity index (χ4v) is 3.29. The van der Waals surface area contributed by atoms with Gasteiger partial charge in [-0.15, -0.1) is 0 Å². The lowest BCUT2D eigenvalue weighted by Crippen LogP contribution is -2.15. The Labute approximate surface area is 157 Å². The first-order chi connectivity index (χ1) is 12.8. The van der Waals surface area contributed by atoms with Crippen LogP contribution in [0.15, 0.2) is 60.2 Å². The highest BCUT2D eigenvalue weighted by atomic mass is 16.5. The summed E-state index contributed by atoms with van der Waals surface area (Å²) in [6, 6.07) is 16.4. The molecule has 0 saturated heterocycles. The van der Waals surface area contributed by atoms with Gasteiger partial charge in [-0.05, 0) is 61.9 Å². The van der Waals surface area contributed by atoms with Gasteiger partial charge in [-0.3, -0.25) is 0 Å². The highest BCUT2D eigenvalue weighted by Gasteiger charge is 2.07. The molecule has 0 atom stereocenters. The van der Waals surface area contributed by atoms with E-state index >= 15 is 0 Å². The summed E-state index contributed by atoms with van der Waals surface area (Å²) in [5, 5.41) is 3.54. The maximum Gasteiger partial charge on any atom is 0.161 e. The fraction of sp³-hybridized carbons (Fsp3) is 0.391. The van der Waals surface area contributed by atoms with Crippen LogP contribution in [0.2, 0.25) is 0 Å². The standard InChI is InChI=1S/C23H29NO2/c1-25-23-16-21(17-24-15-14-19-8-4-2-5-9-19)12-13-22(23)26-18-20-10-6-3-7-11-20/h3,6-8,10-13,16,24H,2,4-5,9,14-15,17-18H2,1H3. The zero-order chi connectivity index (χ0) is 18.0. The summed E-state index contributed by atoms with van der Waals surface area (Å²) >= 11 is 0. The molecule has 3 nitrogen and oxygen atoms in total. The van der Waals surface area contributed by atoms with Crippen molar-refractivity contribution in [3.8, 4) is 11.5 Å². The molecule has 3 rings (SSSR count). The van der Waals surface area contributed by atoms with E-state index < -0.39 is 0 Å². The summed E-state index contributed by atoms with van der Waals surface area (Å²) in [7, 11) is 1.69. The molecule has 0 spiro atoms. The highest BCUT2D eigenvalue weighted by molar-refractivity contribution is 5.43. The summed E-state index contributed by atoms with van der Waals surface area (Å²) in [6.07, 6.45) is 8.84. The third-order valence-electron chi connectivity index (χ3n) is 4.80. The summed E-state index contributed by atoms with van der Waals surface area (Å²) < 4.78 is 11.4. The summed E-state index contributed by atoms with van der Waals surface area (Å²) in [6.45, 7) is 2.42. The topological polar surface area (TPSA) is 30.5 Å². The zero-order valence-electron chi connectivity index (χ0n) is 15.7. The second-order valence-corrected chi connectivity index (χ2v) is 6.79. The highest BCUT2D eigenvalue weighted by Crippen LogP contribution is 2.29. The molecule has 0 amide bonds. The van der Waals surface area contributed by atoms with Gasteiger partial charge in [-0.2, -0.15) is 0 Å². The Morgan fingerprint density at radius 3 is 2.62 bits per heavy atom. The molecule has 2 aromatic carbocycles. The normalized spacial score (nSPS) is 14.0. The van der Waals surface area contributed by atoms with E-state index in [-0.39, 0.29) is 0 Å². The molecule has 0 saturated carbocycles. The molecule has 0 unspecified atom stereocenters. The molecular weight excluding hydrogens is 322 g/mol. The molecular formula is C23H29NO2. The average molecular weight is 351 g/mol. The number of hydrogen-bond donors (Lipinski definition) is 1. The number of nitrogens with one attached hydrogen (secondary N) is 1. The molecule has 0 aliphatic heterocycles. The minimum absolute atomic E-state index is 0.546. The van der Waals surface area contributed by atoms with Crippen molar-refractivity contribution < 1.29 is 9.47 Å². The SMILES string of the molecule is COc1cc(CNCCC2=CCCCC2)ccc1OCc1ccccc1. The first-order valence-electron chi connectivity index (χ1n) is 9.57. The first-order valence-corrected chi connectivity index (χ1v) is 9.57. The maximum atomic E-state index is 5.92. The lowest BCUT2D eigenvalue weighted by Gasteiger charge is -2.14. The van der Waals surface area contributed by atoms with E-state index in [2.05, 4.69) is 35.7 Å². The van der Waals surface area contributed by atoms with E-state index in [9.17, 15) is 0 Å². The molecule has 26 heavy (non-hydrogen) atoms. The molecule has 0 radical (unpaired) electrons. The zero-order valence-corrected chi connectivity index (χ0v) is 15.7. The Kier molecular flexibility index (Phi) is 7.15. The van der Waals surface area contributed by atoms with Gasteiger partial charge in [-0.25, -0.2) is 0 Å². The lowest BCUT2D eigenvalue weighted by atomic mass is 9.97. The Morgan fingerprint density at radius 2 is 1.85 bits per heavy atom. The quantitative estimate of drug-likeness (QED) is 0.494. The predicted octanol–water partition coefficient (Wildman–Crippen LogP) is 5.25. The van der Waals surface area contributed by atoms with Gasteiger partial charge in [0.15, 0.2) is 11.5 Å². The summed E-state index contributed by atoms with van der Waals surface area (Å²) in [4.78, 5) is 0. The van der Waals surface area contributed by atoms with Crippen LogP contribution in [0.3, 0.4) is 0 Å². The Morgan fingerprint density at radius 1 is 0.962 bits per heavy atom. The number of rotatable bonds is 9. The van der Waals surface area contributed by atoms with E-state index in [0.717, 1.165) is 36.6 Å². The van der Waals surface area contributed by atoms with Crippen LogP contribution in [0.5, 0.6) is 11.5 Å². The van der Waals surface area contributed by atoms with Gasteiger partial charge in [0.1, 0.15) is 6.61 Å². The molecule has 0 bridgehead atoms. The van der Waals surface area contributed by atoms with Gasteiger partial charge in [-0.1, -0.05) is 48.0 Å². The molecule has 0 fully saturated rings. The third-order valence-corrected chi connectivity index (χ3v) is 4.80. The van der Waals surface area contributed by atoms with Crippen LogP contribution in [0.25, 0.3) is 0 Å². The van der Waals surface area contributed by atoms with Gasteiger partial charge in [0.05, 0.1) is 7.11 Å². The Hall–Kier alpha value is -2.26. The number of methoxy groups -OCH3 is 1. The second kappa shape index (κ2) is 10.0. The second-order valence-electron chi connectivity index (χ2n) is 6.79. The van der Waals surface area contributed by atoms with E-state index in [1.807, 2.05) is 24.3 Å². The summed E-state index contributed by atoms with van der Waals surface area (Å²) in [5.41, 5.74) is 3.98. The molecule has 3 heteroatoms. The molecule has 138 valence electrons. The van der Waals surface area contributed by atoms with Gasteiger partial charge < -0.3 is 14.8 Å². The maximum absolute atomic E-state index is 5.92. The number of hydrogen-bond acceptors (Lipinski definition) is 3. The van der Waals surface area contributed by atoms with Crippen molar-refractivity contribution in [2.75, 3.05) is 13.7 Å². The molecule has 1 N–H and O–H groups in total. The van der Waals surface area contributed by atoms with Crippen LogP contribution in [0, 0.1) is 0 Å². The molecule has 1 aliphatic rings. The van der Waals surface area contributed by atoms with Crippen LogP contribution in [0.4, 0.5) is 0 Å². The van der Waals surface area contributed by atoms with Gasteiger partial charge in [0.25, 0.3) is 0 Å². The van der Waals surface area contributed by atoms with E-state index in [1.165, 1.54) is 31.2 Å². The fourth-order valence-electron chi connectivity index (χ4n) is 3.29. The third kappa shape index (κ3) is 5.63. The van der Waals surface area contributed by atoms with Crippen molar-refractivity contribution >= 4 is 0 Å². The Balaban J connectivity index is 1.48. The number of allylic oxidation sites excluding steroid dienone is 1. The Bertz CT molecular complexity index is 709. The minimum Gasteiger partial charge on any atom is -0.493 e. The van der Waals surface area contributed by atoms with Crippen LogP contribution in [-0.4, -0.2) is 13.7 Å². The summed E-state index contributed by atoms with van der Waals surface area (Å²) in [5.74, 6) is 1.57. The molecule has 2 aromatic rings. The lowest BCUT2D eigenvalue weighted by molar-refractivity contribution is 0.284. The number of ether oxygens (including phenoxy) is 2. The van der Waals surface area contributed by atoms with Crippen LogP contribution < -0.4 is 14.8 Å². The number of benzene rings is 2. The van der Waals surface area contributed by atoms with Crippen molar-refractivity contribution in [1.82, 2.24) is 5.32 Å². The monoisotopic (exact) mass is 351 g/mol. The van der Waals surface area contributed by atoms with Crippen molar-refractivity contribution in [3.63, 3.8) is 0 Å². The van der Waals surface area contributed by atoms with Crippen molar-refractivity contribution in [2.45, 2.75) is 45.3 Å². The van der Waals surface area contributed by atoms with E-state index in [4.69, 9.17) is 9.47 Å². The predicted molar refractivity (Wildman–Crippen MR) is 107 cm³/mol. The molecule has 1 aliphatic carbocycles. The van der Waals surface area contributed by atoms with Crippen LogP contribution >= 0.6 is 0 Å². The van der Waals surface area contributed by atoms with Crippen molar-refractivity contribution in [1.29, 1.82) is 0 Å². The van der Waals surface area contributed by atoms with Gasteiger partial charge in [0.2, 0.25) is 0 Å². The molecule has 0 aromatic heterocycles. The minimum atomic E-state index is 0.546. The van der Waals surface area contributed by atoms with Gasteiger partial charge >= 0.3 is 0 Å². The van der Waals surface area contributed by atoms with E-state index in [0.29, 0.717) is 6.61 Å². The smallest absolute Gasteiger partial charge is 0.161 e. The largest absolute Gasteiger partial charge is 0.493 e. The van der Waals surface area contributed by atoms with Crippen LogP contribution in [0.1, 0.15) is 43.2 Å².